The zero-order valence-corrected chi connectivity index (χ0v) is 14.0. The summed E-state index contributed by atoms with van der Waals surface area (Å²) in [5, 5.41) is 3.47. The van der Waals surface area contributed by atoms with Gasteiger partial charge >= 0.3 is 0 Å². The highest BCUT2D eigenvalue weighted by Gasteiger charge is 2.19. The van der Waals surface area contributed by atoms with Gasteiger partial charge in [0.2, 0.25) is 0 Å². The number of hydrogen-bond donors (Lipinski definition) is 1. The second-order valence-electron chi connectivity index (χ2n) is 5.60. The molecule has 1 unspecified atom stereocenters. The van der Waals surface area contributed by atoms with Crippen molar-refractivity contribution < 1.29 is 9.53 Å². The molecule has 5 heteroatoms. The molecular weight excluding hydrogens is 300 g/mol. The minimum absolute atomic E-state index is 0.0695. The van der Waals surface area contributed by atoms with E-state index < -0.39 is 0 Å². The number of halogens is 1. The predicted octanol–water partition coefficient (Wildman–Crippen LogP) is 3.91. The topological polar surface area (TPSA) is 43.3 Å². The van der Waals surface area contributed by atoms with E-state index in [-0.39, 0.29) is 11.9 Å². The molecular formula is C17H21ClN2O2. The summed E-state index contributed by atoms with van der Waals surface area (Å²) in [5.74, 6) is 0.671. The van der Waals surface area contributed by atoms with Gasteiger partial charge in [-0.3, -0.25) is 4.79 Å². The van der Waals surface area contributed by atoms with Crippen LogP contribution < -0.4 is 10.1 Å². The van der Waals surface area contributed by atoms with E-state index in [1.54, 1.807) is 19.2 Å². The van der Waals surface area contributed by atoms with Crippen LogP contribution in [0.25, 0.3) is 5.69 Å². The van der Waals surface area contributed by atoms with Crippen LogP contribution in [-0.2, 0) is 0 Å². The number of carbonyl (C=O) groups is 1. The van der Waals surface area contributed by atoms with Gasteiger partial charge in [-0.15, -0.1) is 0 Å². The molecule has 2 rings (SSSR count). The quantitative estimate of drug-likeness (QED) is 0.907. The van der Waals surface area contributed by atoms with E-state index in [0.29, 0.717) is 22.3 Å². The van der Waals surface area contributed by atoms with E-state index in [4.69, 9.17) is 16.3 Å². The molecule has 0 aliphatic carbocycles. The van der Waals surface area contributed by atoms with Crippen LogP contribution in [0.4, 0.5) is 0 Å². The van der Waals surface area contributed by atoms with Gasteiger partial charge in [-0.05, 0) is 31.0 Å². The van der Waals surface area contributed by atoms with Crippen molar-refractivity contribution in [2.45, 2.75) is 26.8 Å². The molecule has 0 spiro atoms. The average molecular weight is 321 g/mol. The summed E-state index contributed by atoms with van der Waals surface area (Å²) in [4.78, 5) is 12.4. The summed E-state index contributed by atoms with van der Waals surface area (Å²) in [6.07, 6.45) is 3.78. The number of benzene rings is 1. The fourth-order valence-corrected chi connectivity index (χ4v) is 2.29. The van der Waals surface area contributed by atoms with Gasteiger partial charge in [-0.2, -0.15) is 0 Å². The summed E-state index contributed by atoms with van der Waals surface area (Å²) in [6.45, 7) is 6.10. The van der Waals surface area contributed by atoms with Gasteiger partial charge in [0.1, 0.15) is 5.75 Å². The van der Waals surface area contributed by atoms with Crippen LogP contribution in [0.3, 0.4) is 0 Å². The smallest absolute Gasteiger partial charge is 0.255 e. The number of rotatable bonds is 5. The number of aromatic nitrogens is 1. The van der Waals surface area contributed by atoms with Crippen LogP contribution >= 0.6 is 11.6 Å². The van der Waals surface area contributed by atoms with E-state index in [0.717, 1.165) is 5.69 Å². The molecule has 4 nitrogen and oxygen atoms in total. The van der Waals surface area contributed by atoms with Crippen molar-refractivity contribution in [2.75, 3.05) is 7.11 Å². The standard InChI is InChI=1S/C17H21ClN2O2/c1-11(2)12(3)19-17(21)13-9-14(18)15(10-16(13)22-4)20-7-5-6-8-20/h5-12H,1-4H3,(H,19,21). The molecule has 0 fully saturated rings. The molecule has 118 valence electrons. The van der Waals surface area contributed by atoms with Gasteiger partial charge in [-0.1, -0.05) is 25.4 Å². The Kier molecular flexibility index (Phi) is 5.14. The van der Waals surface area contributed by atoms with Crippen molar-refractivity contribution in [2.24, 2.45) is 5.92 Å². The molecule has 0 saturated heterocycles. The molecule has 1 N–H and O–H groups in total. The third-order valence-electron chi connectivity index (χ3n) is 3.75. The first-order valence-corrected chi connectivity index (χ1v) is 7.63. The SMILES string of the molecule is COc1cc(-n2cccc2)c(Cl)cc1C(=O)NC(C)C(C)C. The molecule has 0 aliphatic rings. The van der Waals surface area contributed by atoms with E-state index in [1.807, 2.05) is 36.0 Å². The maximum atomic E-state index is 12.4. The summed E-state index contributed by atoms with van der Waals surface area (Å²) in [6, 6.07) is 7.32. The van der Waals surface area contributed by atoms with Crippen LogP contribution in [-0.4, -0.2) is 23.6 Å². The maximum absolute atomic E-state index is 12.4. The zero-order chi connectivity index (χ0) is 16.3. The Morgan fingerprint density at radius 3 is 2.41 bits per heavy atom. The lowest BCUT2D eigenvalue weighted by Crippen LogP contribution is -2.36. The van der Waals surface area contributed by atoms with Crippen molar-refractivity contribution in [3.05, 3.63) is 47.2 Å². The molecule has 22 heavy (non-hydrogen) atoms. The number of hydrogen-bond acceptors (Lipinski definition) is 2. The summed E-state index contributed by atoms with van der Waals surface area (Å²) in [5.41, 5.74) is 1.22. The van der Waals surface area contributed by atoms with Gasteiger partial charge in [0.15, 0.2) is 0 Å². The van der Waals surface area contributed by atoms with Crippen molar-refractivity contribution in [3.8, 4) is 11.4 Å². The second-order valence-corrected chi connectivity index (χ2v) is 6.01. The van der Waals surface area contributed by atoms with Crippen molar-refractivity contribution in [1.82, 2.24) is 9.88 Å². The first-order valence-electron chi connectivity index (χ1n) is 7.25. The largest absolute Gasteiger partial charge is 0.496 e. The van der Waals surface area contributed by atoms with Crippen molar-refractivity contribution in [1.29, 1.82) is 0 Å². The Bertz CT molecular complexity index is 651. The monoisotopic (exact) mass is 320 g/mol. The molecule has 0 bridgehead atoms. The minimum Gasteiger partial charge on any atom is -0.496 e. The Morgan fingerprint density at radius 1 is 1.23 bits per heavy atom. The molecule has 2 aromatic rings. The summed E-state index contributed by atoms with van der Waals surface area (Å²) >= 11 is 6.34. The van der Waals surface area contributed by atoms with Gasteiger partial charge < -0.3 is 14.6 Å². The minimum atomic E-state index is -0.181. The third kappa shape index (κ3) is 3.45. The van der Waals surface area contributed by atoms with Crippen molar-refractivity contribution in [3.63, 3.8) is 0 Å². The van der Waals surface area contributed by atoms with Gasteiger partial charge in [0, 0.05) is 24.5 Å². The number of nitrogens with zero attached hydrogens (tertiary/aromatic N) is 1. The fourth-order valence-electron chi connectivity index (χ4n) is 2.03. The van der Waals surface area contributed by atoms with E-state index in [2.05, 4.69) is 19.2 Å². The van der Waals surface area contributed by atoms with Crippen LogP contribution in [0.1, 0.15) is 31.1 Å². The Labute approximate surface area is 136 Å². The van der Waals surface area contributed by atoms with Crippen molar-refractivity contribution >= 4 is 17.5 Å². The van der Waals surface area contributed by atoms with Crippen LogP contribution in [0.2, 0.25) is 5.02 Å². The summed E-state index contributed by atoms with van der Waals surface area (Å²) < 4.78 is 7.25. The first kappa shape index (κ1) is 16.4. The number of methoxy groups -OCH3 is 1. The maximum Gasteiger partial charge on any atom is 0.255 e. The number of ether oxygens (including phenoxy) is 1. The van der Waals surface area contributed by atoms with E-state index in [1.165, 1.54) is 0 Å². The summed E-state index contributed by atoms with van der Waals surface area (Å²) in [7, 11) is 1.55. The van der Waals surface area contributed by atoms with Gasteiger partial charge in [-0.25, -0.2) is 0 Å². The van der Waals surface area contributed by atoms with Gasteiger partial charge in [0.25, 0.3) is 5.91 Å². The molecule has 1 aromatic heterocycles. The Balaban J connectivity index is 2.37. The highest BCUT2D eigenvalue weighted by molar-refractivity contribution is 6.33. The Hall–Kier alpha value is -1.94. The third-order valence-corrected chi connectivity index (χ3v) is 4.06. The molecule has 1 heterocycles. The molecule has 0 aliphatic heterocycles. The van der Waals surface area contributed by atoms with E-state index in [9.17, 15) is 4.79 Å². The number of carbonyl (C=O) groups excluding carboxylic acids is 1. The van der Waals surface area contributed by atoms with Crippen LogP contribution in [0.15, 0.2) is 36.7 Å². The number of amides is 1. The molecule has 1 amide bonds. The molecule has 0 radical (unpaired) electrons. The second kappa shape index (κ2) is 6.88. The van der Waals surface area contributed by atoms with Gasteiger partial charge in [0.05, 0.1) is 23.4 Å². The van der Waals surface area contributed by atoms with Crippen LogP contribution in [0, 0.1) is 5.92 Å². The number of nitrogens with one attached hydrogen (secondary N) is 1. The fraction of sp³-hybridized carbons (Fsp3) is 0.353. The highest BCUT2D eigenvalue weighted by atomic mass is 35.5. The first-order chi connectivity index (χ1) is 10.4. The molecule has 1 aromatic carbocycles. The normalized spacial score (nSPS) is 12.3. The zero-order valence-electron chi connectivity index (χ0n) is 13.3. The van der Waals surface area contributed by atoms with Crippen LogP contribution in [0.5, 0.6) is 5.75 Å². The average Bonchev–Trinajstić information content (AvgIpc) is 3.00. The predicted molar refractivity (Wildman–Crippen MR) is 89.1 cm³/mol. The molecule has 1 atom stereocenters. The van der Waals surface area contributed by atoms with E-state index >= 15 is 0 Å². The molecule has 0 saturated carbocycles. The highest BCUT2D eigenvalue weighted by Crippen LogP contribution is 2.30. The lowest BCUT2D eigenvalue weighted by Gasteiger charge is -2.19. The lowest BCUT2D eigenvalue weighted by atomic mass is 10.1. The lowest BCUT2D eigenvalue weighted by molar-refractivity contribution is 0.0927. The Morgan fingerprint density at radius 2 is 1.86 bits per heavy atom.